The Morgan fingerprint density at radius 3 is 2.73 bits per heavy atom. The van der Waals surface area contributed by atoms with Crippen LogP contribution >= 0.6 is 0 Å². The number of para-hydroxylation sites is 1. The molecule has 4 aliphatic carbocycles. The second-order valence-corrected chi connectivity index (χ2v) is 12.7. The van der Waals surface area contributed by atoms with Gasteiger partial charge < -0.3 is 23.8 Å². The van der Waals surface area contributed by atoms with E-state index in [9.17, 15) is 9.90 Å². The van der Waals surface area contributed by atoms with Crippen molar-refractivity contribution < 1.29 is 28.6 Å². The average molecular weight is 504 g/mol. The highest BCUT2D eigenvalue weighted by Gasteiger charge is 2.76. The molecule has 1 aromatic carbocycles. The number of ketones is 1. The Hall–Kier alpha value is -2.70. The molecule has 1 saturated heterocycles. The largest absolute Gasteiger partial charge is 0.464 e. The SMILES string of the molecule is CC1=C[C@]23C(=O)C(=C=C4COC(C)(C)O[C@H]4[C@]2(O)[C@H]1Oc1noc2ccccc12)C1C(C[C@H]3C)C1(C)C. The summed E-state index contributed by atoms with van der Waals surface area (Å²) in [5.74, 6) is -0.443. The minimum absolute atomic E-state index is 0.00885. The van der Waals surface area contributed by atoms with Gasteiger partial charge in [0.05, 0.1) is 17.4 Å². The van der Waals surface area contributed by atoms with Gasteiger partial charge in [-0.05, 0) is 67.3 Å². The second kappa shape index (κ2) is 7.03. The van der Waals surface area contributed by atoms with E-state index >= 15 is 0 Å². The first-order valence-corrected chi connectivity index (χ1v) is 13.2. The summed E-state index contributed by atoms with van der Waals surface area (Å²) in [4.78, 5) is 14.7. The molecule has 5 aliphatic rings. The lowest BCUT2D eigenvalue weighted by molar-refractivity contribution is -0.301. The summed E-state index contributed by atoms with van der Waals surface area (Å²) in [5.41, 5.74) is 3.20. The van der Waals surface area contributed by atoms with Crippen molar-refractivity contribution in [1.82, 2.24) is 5.16 Å². The number of Topliss-reactive ketones (excluding diaryl/α,β-unsaturated/α-hetero) is 1. The Balaban J connectivity index is 1.45. The first-order valence-electron chi connectivity index (χ1n) is 13.2. The first-order chi connectivity index (χ1) is 17.4. The van der Waals surface area contributed by atoms with E-state index in [0.717, 1.165) is 12.0 Å². The highest BCUT2D eigenvalue weighted by Crippen LogP contribution is 2.71. The summed E-state index contributed by atoms with van der Waals surface area (Å²) < 4.78 is 24.6. The predicted molar refractivity (Wildman–Crippen MR) is 135 cm³/mol. The van der Waals surface area contributed by atoms with Gasteiger partial charge in [0.15, 0.2) is 28.9 Å². The lowest BCUT2D eigenvalue weighted by atomic mass is 9.59. The Labute approximate surface area is 216 Å². The van der Waals surface area contributed by atoms with Crippen molar-refractivity contribution in [2.75, 3.05) is 6.61 Å². The minimum Gasteiger partial charge on any atom is -0.464 e. The molecule has 7 atom stereocenters. The molecule has 0 amide bonds. The van der Waals surface area contributed by atoms with Crippen LogP contribution in [0.3, 0.4) is 0 Å². The van der Waals surface area contributed by atoms with E-state index in [2.05, 4.69) is 31.7 Å². The number of aliphatic hydroxyl groups is 1. The van der Waals surface area contributed by atoms with Gasteiger partial charge >= 0.3 is 0 Å². The third-order valence-corrected chi connectivity index (χ3v) is 9.86. The van der Waals surface area contributed by atoms with Crippen molar-refractivity contribution in [2.45, 2.75) is 71.6 Å². The van der Waals surface area contributed by atoms with Gasteiger partial charge in [-0.25, -0.2) is 0 Å². The molecular weight excluding hydrogens is 470 g/mol. The van der Waals surface area contributed by atoms with E-state index in [1.807, 2.05) is 51.1 Å². The molecular formula is C30H33NO6. The number of hydrogen-bond acceptors (Lipinski definition) is 7. The summed E-state index contributed by atoms with van der Waals surface area (Å²) in [6.45, 7) is 12.3. The lowest BCUT2D eigenvalue weighted by Crippen LogP contribution is -2.68. The highest BCUT2D eigenvalue weighted by molar-refractivity contribution is 6.05. The molecule has 7 rings (SSSR count). The maximum Gasteiger partial charge on any atom is 0.262 e. The Bertz CT molecular complexity index is 1460. The van der Waals surface area contributed by atoms with Crippen LogP contribution in [0.5, 0.6) is 5.88 Å². The number of ether oxygens (including phenoxy) is 3. The van der Waals surface area contributed by atoms with Crippen molar-refractivity contribution in [3.8, 4) is 5.88 Å². The van der Waals surface area contributed by atoms with Crippen LogP contribution in [-0.4, -0.2) is 46.2 Å². The third-order valence-electron chi connectivity index (χ3n) is 9.86. The van der Waals surface area contributed by atoms with Gasteiger partial charge in [0.25, 0.3) is 5.88 Å². The van der Waals surface area contributed by atoms with Crippen LogP contribution in [0.4, 0.5) is 0 Å². The summed E-state index contributed by atoms with van der Waals surface area (Å²) in [6.07, 6.45) is 1.05. The zero-order chi connectivity index (χ0) is 26.1. The van der Waals surface area contributed by atoms with E-state index in [1.54, 1.807) is 0 Å². The summed E-state index contributed by atoms with van der Waals surface area (Å²) in [6, 6.07) is 7.45. The number of benzene rings is 1. The van der Waals surface area contributed by atoms with Gasteiger partial charge in [0.2, 0.25) is 0 Å². The first kappa shape index (κ1) is 23.4. The molecule has 37 heavy (non-hydrogen) atoms. The number of aromatic nitrogens is 1. The normalized spacial score (nSPS) is 40.9. The summed E-state index contributed by atoms with van der Waals surface area (Å²) >= 11 is 0. The fourth-order valence-corrected chi connectivity index (χ4v) is 7.89. The number of rotatable bonds is 2. The number of hydrogen-bond donors (Lipinski definition) is 1. The number of carbonyl (C=O) groups excluding carboxylic acids is 1. The van der Waals surface area contributed by atoms with Gasteiger partial charge in [-0.2, -0.15) is 0 Å². The fourth-order valence-electron chi connectivity index (χ4n) is 7.89. The van der Waals surface area contributed by atoms with Gasteiger partial charge in [-0.3, -0.25) is 4.79 Å². The van der Waals surface area contributed by atoms with Crippen molar-refractivity contribution in [1.29, 1.82) is 0 Å². The molecule has 194 valence electrons. The average Bonchev–Trinajstić information content (AvgIpc) is 3.12. The van der Waals surface area contributed by atoms with Crippen LogP contribution in [0, 0.1) is 28.6 Å². The van der Waals surface area contributed by atoms with E-state index in [1.165, 1.54) is 0 Å². The molecule has 2 heterocycles. The molecule has 1 aromatic heterocycles. The molecule has 7 heteroatoms. The molecule has 2 bridgehead atoms. The van der Waals surface area contributed by atoms with Gasteiger partial charge in [0, 0.05) is 17.1 Å². The Kier molecular flexibility index (Phi) is 4.45. The third kappa shape index (κ3) is 2.78. The molecule has 3 fully saturated rings. The van der Waals surface area contributed by atoms with E-state index in [0.29, 0.717) is 28.0 Å². The molecule has 7 nitrogen and oxygen atoms in total. The second-order valence-electron chi connectivity index (χ2n) is 12.7. The predicted octanol–water partition coefficient (Wildman–Crippen LogP) is 4.75. The minimum atomic E-state index is -1.74. The summed E-state index contributed by atoms with van der Waals surface area (Å²) in [7, 11) is 0. The maximum absolute atomic E-state index is 14.7. The Morgan fingerprint density at radius 2 is 1.95 bits per heavy atom. The molecule has 1 spiro atoms. The van der Waals surface area contributed by atoms with Crippen LogP contribution in [-0.2, 0) is 14.3 Å². The van der Waals surface area contributed by atoms with E-state index < -0.39 is 29.0 Å². The Morgan fingerprint density at radius 1 is 1.19 bits per heavy atom. The number of fused-ring (bicyclic) bond motifs is 6. The highest BCUT2D eigenvalue weighted by atomic mass is 16.7. The number of nitrogens with zero attached hydrogens (tertiary/aromatic N) is 1. The lowest BCUT2D eigenvalue weighted by Gasteiger charge is -2.52. The van der Waals surface area contributed by atoms with Crippen LogP contribution in [0.1, 0.15) is 48.0 Å². The quantitative estimate of drug-likeness (QED) is 0.467. The zero-order valence-corrected chi connectivity index (χ0v) is 22.1. The summed E-state index contributed by atoms with van der Waals surface area (Å²) in [5, 5.41) is 18.0. The van der Waals surface area contributed by atoms with Gasteiger partial charge in [-0.1, -0.05) is 39.0 Å². The molecule has 2 unspecified atom stereocenters. The van der Waals surface area contributed by atoms with Crippen molar-refractivity contribution >= 4 is 16.8 Å². The molecule has 1 N–H and O–H groups in total. The van der Waals surface area contributed by atoms with Crippen molar-refractivity contribution in [2.24, 2.45) is 28.6 Å². The number of carbonyl (C=O) groups is 1. The monoisotopic (exact) mass is 503 g/mol. The van der Waals surface area contributed by atoms with Crippen LogP contribution in [0.15, 0.2) is 57.3 Å². The van der Waals surface area contributed by atoms with E-state index in [4.69, 9.17) is 18.7 Å². The van der Waals surface area contributed by atoms with Crippen molar-refractivity contribution in [3.63, 3.8) is 0 Å². The van der Waals surface area contributed by atoms with Crippen LogP contribution in [0.2, 0.25) is 0 Å². The standard InChI is InChI=1S/C30H33NO6/c1-15-13-29-16(2)11-20-22(27(20,3)4)19(23(29)32)12-17-14-34-28(5,6)36-25(17)30(29,33)24(15)35-26-18-9-7-8-10-21(18)37-31-26/h7-10,13,16,20,22,24-25,33H,11,14H2,1-6H3/t16-,20?,22?,24+,25-,29+,30-/m1/s1. The molecule has 0 radical (unpaired) electrons. The molecule has 1 aliphatic heterocycles. The van der Waals surface area contributed by atoms with Crippen LogP contribution in [0.25, 0.3) is 11.0 Å². The van der Waals surface area contributed by atoms with Gasteiger partial charge in [-0.15, -0.1) is 5.73 Å². The van der Waals surface area contributed by atoms with Crippen LogP contribution < -0.4 is 4.74 Å². The van der Waals surface area contributed by atoms with Gasteiger partial charge in [0.1, 0.15) is 6.10 Å². The maximum atomic E-state index is 14.7. The zero-order valence-electron chi connectivity index (χ0n) is 22.1. The van der Waals surface area contributed by atoms with Crippen molar-refractivity contribution in [3.05, 3.63) is 52.8 Å². The molecule has 2 aromatic rings. The fraction of sp³-hybridized carbons (Fsp3) is 0.567. The smallest absolute Gasteiger partial charge is 0.262 e. The van der Waals surface area contributed by atoms with E-state index in [-0.39, 0.29) is 35.5 Å². The topological polar surface area (TPSA) is 91.0 Å². The molecule has 2 saturated carbocycles.